The van der Waals surface area contributed by atoms with Gasteiger partial charge in [-0.3, -0.25) is 4.68 Å². The maximum Gasteiger partial charge on any atom is 0.336 e. The molecule has 1 aromatic heterocycles. The van der Waals surface area contributed by atoms with Crippen molar-refractivity contribution in [2.45, 2.75) is 46.0 Å². The Morgan fingerprint density at radius 1 is 1.39 bits per heavy atom. The van der Waals surface area contributed by atoms with Crippen LogP contribution in [-0.2, 0) is 23.0 Å². The highest BCUT2D eigenvalue weighted by molar-refractivity contribution is 6.30. The summed E-state index contributed by atoms with van der Waals surface area (Å²) in [5.74, 6) is -0.851. The van der Waals surface area contributed by atoms with Crippen molar-refractivity contribution in [2.24, 2.45) is 7.05 Å². The van der Waals surface area contributed by atoms with Crippen molar-refractivity contribution in [1.29, 1.82) is 0 Å². The molecule has 5 nitrogen and oxygen atoms in total. The second-order valence-corrected chi connectivity index (χ2v) is 7.32. The number of ether oxygens (including phenoxy) is 1. The first-order chi connectivity index (χ1) is 13.4. The number of carbonyl (C=O) groups is 1. The molecule has 1 unspecified atom stereocenters. The fourth-order valence-electron chi connectivity index (χ4n) is 3.63. The lowest BCUT2D eigenvalue weighted by molar-refractivity contribution is -0.139. The number of allylic oxidation sites excluding steroid dienone is 1. The molecule has 1 aromatic carbocycles. The number of hydrogen-bond donors (Lipinski definition) is 1. The molecule has 0 aliphatic carbocycles. The molecule has 3 rings (SSSR count). The summed E-state index contributed by atoms with van der Waals surface area (Å²) in [6, 6.07) is 4.86. The van der Waals surface area contributed by atoms with Crippen LogP contribution >= 0.6 is 11.6 Å². The Kier molecular flexibility index (Phi) is 6.08. The number of anilines is 1. The van der Waals surface area contributed by atoms with Gasteiger partial charge in [0, 0.05) is 23.9 Å². The van der Waals surface area contributed by atoms with Crippen molar-refractivity contribution in [1.82, 2.24) is 9.78 Å². The maximum atomic E-state index is 15.0. The summed E-state index contributed by atoms with van der Waals surface area (Å²) in [6.45, 7) is 6.14. The third-order valence-corrected chi connectivity index (χ3v) is 5.32. The van der Waals surface area contributed by atoms with Crippen LogP contribution in [0.25, 0.3) is 0 Å². The minimum absolute atomic E-state index is 0.0240. The van der Waals surface area contributed by atoms with Gasteiger partial charge in [0.2, 0.25) is 0 Å². The zero-order valence-corrected chi connectivity index (χ0v) is 17.4. The predicted molar refractivity (Wildman–Crippen MR) is 108 cm³/mol. The van der Waals surface area contributed by atoms with Crippen LogP contribution in [0.3, 0.4) is 0 Å². The largest absolute Gasteiger partial charge is 0.462 e. The molecule has 7 heteroatoms. The molecule has 2 aromatic rings. The van der Waals surface area contributed by atoms with Crippen LogP contribution in [0.5, 0.6) is 0 Å². The maximum absolute atomic E-state index is 15.0. The van der Waals surface area contributed by atoms with E-state index in [-0.39, 0.29) is 5.02 Å². The molecule has 1 atom stereocenters. The highest BCUT2D eigenvalue weighted by atomic mass is 35.5. The SMILES string of the molecule is CCCCOC(=O)C1=C(C)Nc2c(c(CC)nn2C)C1c1cccc(Cl)c1F. The summed E-state index contributed by atoms with van der Waals surface area (Å²) in [5, 5.41) is 7.85. The van der Waals surface area contributed by atoms with E-state index >= 15 is 4.39 Å². The van der Waals surface area contributed by atoms with Gasteiger partial charge in [-0.05, 0) is 25.8 Å². The zero-order chi connectivity index (χ0) is 20.4. The number of aryl methyl sites for hydroxylation is 2. The molecule has 0 spiro atoms. The third-order valence-electron chi connectivity index (χ3n) is 5.03. The molecule has 1 aliphatic rings. The van der Waals surface area contributed by atoms with Crippen LogP contribution in [0.2, 0.25) is 5.02 Å². The number of unbranched alkanes of at least 4 members (excludes halogenated alkanes) is 1. The summed E-state index contributed by atoms with van der Waals surface area (Å²) < 4.78 is 22.3. The third kappa shape index (κ3) is 3.53. The van der Waals surface area contributed by atoms with Gasteiger partial charge in [-0.2, -0.15) is 5.10 Å². The molecule has 28 heavy (non-hydrogen) atoms. The van der Waals surface area contributed by atoms with Crippen molar-refractivity contribution >= 4 is 23.4 Å². The summed E-state index contributed by atoms with van der Waals surface area (Å²) in [6.07, 6.45) is 2.35. The highest BCUT2D eigenvalue weighted by Gasteiger charge is 2.38. The normalized spacial score (nSPS) is 16.0. The Morgan fingerprint density at radius 3 is 2.82 bits per heavy atom. The van der Waals surface area contributed by atoms with Crippen LogP contribution in [0.15, 0.2) is 29.5 Å². The van der Waals surface area contributed by atoms with E-state index in [1.54, 1.807) is 23.7 Å². The van der Waals surface area contributed by atoms with E-state index in [1.165, 1.54) is 6.07 Å². The molecule has 1 aliphatic heterocycles. The van der Waals surface area contributed by atoms with E-state index in [9.17, 15) is 4.79 Å². The number of carbonyl (C=O) groups excluding carboxylic acids is 1. The Labute approximate surface area is 169 Å². The van der Waals surface area contributed by atoms with E-state index in [0.29, 0.717) is 29.9 Å². The number of esters is 1. The molecule has 0 saturated carbocycles. The molecule has 0 radical (unpaired) electrons. The lowest BCUT2D eigenvalue weighted by Crippen LogP contribution is -2.26. The number of nitrogens with zero attached hydrogens (tertiary/aromatic N) is 2. The van der Waals surface area contributed by atoms with Gasteiger partial charge in [-0.1, -0.05) is 44.0 Å². The lowest BCUT2D eigenvalue weighted by atomic mass is 9.81. The van der Waals surface area contributed by atoms with Crippen LogP contribution in [0.1, 0.15) is 56.4 Å². The number of fused-ring (bicyclic) bond motifs is 1. The summed E-state index contributed by atoms with van der Waals surface area (Å²) in [4.78, 5) is 13.0. The van der Waals surface area contributed by atoms with Crippen molar-refractivity contribution in [2.75, 3.05) is 11.9 Å². The fraction of sp³-hybridized carbons (Fsp3) is 0.429. The number of hydrogen-bond acceptors (Lipinski definition) is 4. The number of halogens is 2. The topological polar surface area (TPSA) is 56.1 Å². The number of benzene rings is 1. The molecule has 1 N–H and O–H groups in total. The Balaban J connectivity index is 2.19. The first-order valence-electron chi connectivity index (χ1n) is 9.55. The van der Waals surface area contributed by atoms with E-state index in [0.717, 1.165) is 29.9 Å². The molecular weight excluding hydrogens is 381 g/mol. The Morgan fingerprint density at radius 2 is 2.14 bits per heavy atom. The minimum Gasteiger partial charge on any atom is -0.462 e. The summed E-state index contributed by atoms with van der Waals surface area (Å²) >= 11 is 6.06. The van der Waals surface area contributed by atoms with Crippen molar-refractivity contribution in [3.63, 3.8) is 0 Å². The van der Waals surface area contributed by atoms with Gasteiger partial charge in [0.05, 0.1) is 28.8 Å². The van der Waals surface area contributed by atoms with E-state index in [4.69, 9.17) is 16.3 Å². The second kappa shape index (κ2) is 8.35. The van der Waals surface area contributed by atoms with E-state index in [1.807, 2.05) is 20.9 Å². The van der Waals surface area contributed by atoms with Crippen molar-refractivity contribution in [3.8, 4) is 0 Å². The second-order valence-electron chi connectivity index (χ2n) is 6.92. The van der Waals surface area contributed by atoms with Crippen LogP contribution in [-0.4, -0.2) is 22.4 Å². The molecule has 150 valence electrons. The van der Waals surface area contributed by atoms with Crippen LogP contribution < -0.4 is 5.32 Å². The van der Waals surface area contributed by atoms with Crippen LogP contribution in [0.4, 0.5) is 10.2 Å². The summed E-state index contributed by atoms with van der Waals surface area (Å²) in [5.41, 5.74) is 2.97. The molecule has 0 saturated heterocycles. The first kappa shape index (κ1) is 20.4. The fourth-order valence-corrected chi connectivity index (χ4v) is 3.81. The Bertz CT molecular complexity index is 936. The van der Waals surface area contributed by atoms with Gasteiger partial charge in [-0.25, -0.2) is 9.18 Å². The molecular formula is C21H25ClFN3O2. The van der Waals surface area contributed by atoms with Gasteiger partial charge in [0.25, 0.3) is 0 Å². The molecule has 2 heterocycles. The van der Waals surface area contributed by atoms with Gasteiger partial charge >= 0.3 is 5.97 Å². The zero-order valence-electron chi connectivity index (χ0n) is 16.6. The van der Waals surface area contributed by atoms with Crippen LogP contribution in [0, 0.1) is 5.82 Å². The monoisotopic (exact) mass is 405 g/mol. The smallest absolute Gasteiger partial charge is 0.336 e. The average Bonchev–Trinajstić information content (AvgIpc) is 2.98. The van der Waals surface area contributed by atoms with E-state index < -0.39 is 17.7 Å². The lowest BCUT2D eigenvalue weighted by Gasteiger charge is -2.29. The standard InChI is InChI=1S/C21H25ClFN3O2/c1-5-7-11-28-21(27)16-12(3)24-20-18(15(6-2)25-26(20)4)17(16)13-9-8-10-14(22)19(13)23/h8-10,17,24H,5-7,11H2,1-4H3. The van der Waals surface area contributed by atoms with Gasteiger partial charge in [0.15, 0.2) is 0 Å². The number of aromatic nitrogens is 2. The predicted octanol–water partition coefficient (Wildman–Crippen LogP) is 4.95. The minimum atomic E-state index is -0.632. The van der Waals surface area contributed by atoms with Gasteiger partial charge in [0.1, 0.15) is 11.6 Å². The number of rotatable bonds is 6. The molecule has 0 amide bonds. The highest BCUT2D eigenvalue weighted by Crippen LogP contribution is 2.45. The average molecular weight is 406 g/mol. The van der Waals surface area contributed by atoms with Gasteiger partial charge in [-0.15, -0.1) is 0 Å². The van der Waals surface area contributed by atoms with Crippen molar-refractivity contribution < 1.29 is 13.9 Å². The molecule has 0 bridgehead atoms. The van der Waals surface area contributed by atoms with Gasteiger partial charge < -0.3 is 10.1 Å². The number of nitrogens with one attached hydrogen (secondary N) is 1. The van der Waals surface area contributed by atoms with Crippen molar-refractivity contribution in [3.05, 3.63) is 57.1 Å². The first-order valence-corrected chi connectivity index (χ1v) is 9.93. The Hall–Kier alpha value is -2.34. The quantitative estimate of drug-likeness (QED) is 0.545. The molecule has 0 fully saturated rings. The van der Waals surface area contributed by atoms with E-state index in [2.05, 4.69) is 10.4 Å². The summed E-state index contributed by atoms with van der Waals surface area (Å²) in [7, 11) is 1.83.